The van der Waals surface area contributed by atoms with Crippen LogP contribution >= 0.6 is 11.8 Å². The van der Waals surface area contributed by atoms with E-state index in [4.69, 9.17) is 15.5 Å². The average Bonchev–Trinajstić information content (AvgIpc) is 3.06. The molecular weight excluding hydrogens is 370 g/mol. The third kappa shape index (κ3) is 3.66. The monoisotopic (exact) mass is 391 g/mol. The number of hydrogen-bond donors (Lipinski definition) is 1. The van der Waals surface area contributed by atoms with Crippen molar-refractivity contribution in [2.24, 2.45) is 0 Å². The Bertz CT molecular complexity index is 1110. The van der Waals surface area contributed by atoms with Crippen LogP contribution in [0.5, 0.6) is 5.75 Å². The minimum absolute atomic E-state index is 0.399. The number of anilines is 1. The van der Waals surface area contributed by atoms with Crippen LogP contribution in [0.4, 0.5) is 5.82 Å². The second-order valence-corrected chi connectivity index (χ2v) is 7.49. The molecule has 0 fully saturated rings. The van der Waals surface area contributed by atoms with Gasteiger partial charge in [-0.3, -0.25) is 0 Å². The van der Waals surface area contributed by atoms with Crippen molar-refractivity contribution < 1.29 is 4.74 Å². The maximum atomic E-state index is 6.05. The van der Waals surface area contributed by atoms with Gasteiger partial charge in [-0.1, -0.05) is 42.1 Å². The molecule has 0 aliphatic rings. The lowest BCUT2D eigenvalue weighted by atomic mass is 10.1. The number of nitrogens with zero attached hydrogens (tertiary/aromatic N) is 4. The third-order valence-corrected chi connectivity index (χ3v) is 5.55. The number of rotatable bonds is 6. The molecule has 0 spiro atoms. The summed E-state index contributed by atoms with van der Waals surface area (Å²) < 4.78 is 7.48. The lowest BCUT2D eigenvalue weighted by molar-refractivity contribution is 0.411. The molecule has 2 heterocycles. The zero-order valence-electron chi connectivity index (χ0n) is 15.8. The Labute approximate surface area is 167 Å². The van der Waals surface area contributed by atoms with E-state index in [1.54, 1.807) is 18.9 Å². The highest BCUT2D eigenvalue weighted by Gasteiger charge is 2.16. The van der Waals surface area contributed by atoms with E-state index in [9.17, 15) is 0 Å². The molecule has 0 atom stereocenters. The SMILES string of the molecule is COc1ccc(Sc2nc3c(N)ncnc3n2CCc2ccccc2)cc1C. The predicted molar refractivity (Wildman–Crippen MR) is 112 cm³/mol. The molecule has 142 valence electrons. The molecule has 7 heteroatoms. The first-order valence-electron chi connectivity index (χ1n) is 8.99. The van der Waals surface area contributed by atoms with Crippen molar-refractivity contribution in [1.29, 1.82) is 0 Å². The Morgan fingerprint density at radius 1 is 1.11 bits per heavy atom. The second kappa shape index (κ2) is 7.90. The lowest BCUT2D eigenvalue weighted by Crippen LogP contribution is -2.04. The number of benzene rings is 2. The largest absolute Gasteiger partial charge is 0.496 e. The number of methoxy groups -OCH3 is 1. The number of aryl methyl sites for hydroxylation is 3. The molecule has 4 aromatic rings. The molecule has 4 rings (SSSR count). The first-order valence-corrected chi connectivity index (χ1v) is 9.80. The summed E-state index contributed by atoms with van der Waals surface area (Å²) in [7, 11) is 1.68. The van der Waals surface area contributed by atoms with Gasteiger partial charge in [-0.15, -0.1) is 0 Å². The van der Waals surface area contributed by atoms with Gasteiger partial charge in [0.05, 0.1) is 7.11 Å². The maximum Gasteiger partial charge on any atom is 0.175 e. The van der Waals surface area contributed by atoms with E-state index in [0.29, 0.717) is 11.3 Å². The molecule has 28 heavy (non-hydrogen) atoms. The Kier molecular flexibility index (Phi) is 5.16. The summed E-state index contributed by atoms with van der Waals surface area (Å²) >= 11 is 1.59. The van der Waals surface area contributed by atoms with Crippen molar-refractivity contribution >= 4 is 28.7 Å². The third-order valence-electron chi connectivity index (χ3n) is 4.57. The van der Waals surface area contributed by atoms with Crippen LogP contribution in [-0.4, -0.2) is 26.6 Å². The molecule has 2 aromatic heterocycles. The summed E-state index contributed by atoms with van der Waals surface area (Å²) in [4.78, 5) is 14.3. The normalized spacial score (nSPS) is 11.1. The van der Waals surface area contributed by atoms with Gasteiger partial charge in [-0.05, 0) is 42.7 Å². The summed E-state index contributed by atoms with van der Waals surface area (Å²) in [5.41, 5.74) is 9.80. The standard InChI is InChI=1S/C21H21N5OS/c1-14-12-16(8-9-17(14)27-2)28-21-25-18-19(22)23-13-24-20(18)26(21)11-10-15-6-4-3-5-7-15/h3-9,12-13H,10-11H2,1-2H3,(H2,22,23,24). The topological polar surface area (TPSA) is 78.8 Å². The molecule has 0 aliphatic carbocycles. The summed E-state index contributed by atoms with van der Waals surface area (Å²) in [6.45, 7) is 2.79. The van der Waals surface area contributed by atoms with Crippen molar-refractivity contribution in [3.8, 4) is 5.75 Å². The van der Waals surface area contributed by atoms with Gasteiger partial charge in [0.15, 0.2) is 22.1 Å². The van der Waals surface area contributed by atoms with Crippen molar-refractivity contribution in [1.82, 2.24) is 19.5 Å². The van der Waals surface area contributed by atoms with E-state index < -0.39 is 0 Å². The first-order chi connectivity index (χ1) is 13.7. The second-order valence-electron chi connectivity index (χ2n) is 6.45. The van der Waals surface area contributed by atoms with Gasteiger partial charge in [-0.2, -0.15) is 0 Å². The van der Waals surface area contributed by atoms with Crippen molar-refractivity contribution in [2.75, 3.05) is 12.8 Å². The number of nitrogen functional groups attached to an aromatic ring is 1. The van der Waals surface area contributed by atoms with Crippen molar-refractivity contribution in [3.05, 3.63) is 66.0 Å². The number of aromatic nitrogens is 4. The van der Waals surface area contributed by atoms with Gasteiger partial charge < -0.3 is 15.0 Å². The summed E-state index contributed by atoms with van der Waals surface area (Å²) in [6, 6.07) is 16.5. The van der Waals surface area contributed by atoms with E-state index >= 15 is 0 Å². The Balaban J connectivity index is 1.70. The van der Waals surface area contributed by atoms with Crippen LogP contribution in [0, 0.1) is 6.92 Å². The number of nitrogens with two attached hydrogens (primary N) is 1. The summed E-state index contributed by atoms with van der Waals surface area (Å²) in [5.74, 6) is 1.27. The smallest absolute Gasteiger partial charge is 0.175 e. The highest BCUT2D eigenvalue weighted by molar-refractivity contribution is 7.99. The van der Waals surface area contributed by atoms with Crippen molar-refractivity contribution in [2.45, 2.75) is 29.9 Å². The summed E-state index contributed by atoms with van der Waals surface area (Å²) in [6.07, 6.45) is 2.37. The zero-order valence-corrected chi connectivity index (χ0v) is 16.6. The van der Waals surface area contributed by atoms with Crippen LogP contribution in [0.2, 0.25) is 0 Å². The fourth-order valence-electron chi connectivity index (χ4n) is 3.12. The highest BCUT2D eigenvalue weighted by atomic mass is 32.2. The molecule has 2 aromatic carbocycles. The van der Waals surface area contributed by atoms with E-state index in [-0.39, 0.29) is 0 Å². The Hall–Kier alpha value is -3.06. The van der Waals surface area contributed by atoms with Gasteiger partial charge in [0.25, 0.3) is 0 Å². The molecule has 0 bridgehead atoms. The molecule has 0 amide bonds. The first kappa shape index (κ1) is 18.3. The molecule has 0 aliphatic heterocycles. The fraction of sp³-hybridized carbons (Fsp3) is 0.190. The maximum absolute atomic E-state index is 6.05. The van der Waals surface area contributed by atoms with E-state index in [1.807, 2.05) is 25.1 Å². The minimum Gasteiger partial charge on any atom is -0.496 e. The minimum atomic E-state index is 0.399. The molecule has 0 unspecified atom stereocenters. The van der Waals surface area contributed by atoms with Crippen LogP contribution < -0.4 is 10.5 Å². The van der Waals surface area contributed by atoms with Gasteiger partial charge in [-0.25, -0.2) is 15.0 Å². The van der Waals surface area contributed by atoms with Crippen LogP contribution in [0.3, 0.4) is 0 Å². The van der Waals surface area contributed by atoms with Crippen LogP contribution in [0.25, 0.3) is 11.2 Å². The molecule has 0 saturated carbocycles. The van der Waals surface area contributed by atoms with Gasteiger partial charge in [0.2, 0.25) is 0 Å². The number of fused-ring (bicyclic) bond motifs is 1. The highest BCUT2D eigenvalue weighted by Crippen LogP contribution is 2.33. The van der Waals surface area contributed by atoms with Gasteiger partial charge in [0.1, 0.15) is 12.1 Å². The van der Waals surface area contributed by atoms with Gasteiger partial charge >= 0.3 is 0 Å². The molecule has 2 N–H and O–H groups in total. The molecule has 6 nitrogen and oxygen atoms in total. The number of ether oxygens (including phenoxy) is 1. The zero-order chi connectivity index (χ0) is 19.5. The van der Waals surface area contributed by atoms with Crippen molar-refractivity contribution in [3.63, 3.8) is 0 Å². The molecular formula is C21H21N5OS. The quantitative estimate of drug-likeness (QED) is 0.533. The van der Waals surface area contributed by atoms with E-state index in [1.165, 1.54) is 11.9 Å². The van der Waals surface area contributed by atoms with Crippen LogP contribution in [0.15, 0.2) is 64.9 Å². The Morgan fingerprint density at radius 2 is 1.93 bits per heavy atom. The molecule has 0 radical (unpaired) electrons. The van der Waals surface area contributed by atoms with Crippen LogP contribution in [-0.2, 0) is 13.0 Å². The van der Waals surface area contributed by atoms with Gasteiger partial charge in [0, 0.05) is 11.4 Å². The van der Waals surface area contributed by atoms with Crippen LogP contribution in [0.1, 0.15) is 11.1 Å². The molecule has 0 saturated heterocycles. The lowest BCUT2D eigenvalue weighted by Gasteiger charge is -2.10. The van der Waals surface area contributed by atoms with E-state index in [2.05, 4.69) is 44.9 Å². The van der Waals surface area contributed by atoms with E-state index in [0.717, 1.165) is 40.0 Å². The Morgan fingerprint density at radius 3 is 2.68 bits per heavy atom. The number of imidazole rings is 1. The average molecular weight is 392 g/mol. The number of hydrogen-bond acceptors (Lipinski definition) is 6. The summed E-state index contributed by atoms with van der Waals surface area (Å²) in [5, 5.41) is 0.850. The predicted octanol–water partition coefficient (Wildman–Crippen LogP) is 4.12. The fourth-order valence-corrected chi connectivity index (χ4v) is 4.13.